The summed E-state index contributed by atoms with van der Waals surface area (Å²) in [6.07, 6.45) is 1.31. The van der Waals surface area contributed by atoms with Crippen LogP contribution in [-0.2, 0) is 6.54 Å². The summed E-state index contributed by atoms with van der Waals surface area (Å²) >= 11 is 0. The molecule has 4 aromatic rings. The third-order valence-electron chi connectivity index (χ3n) is 6.18. The Morgan fingerprint density at radius 3 is 2.49 bits per heavy atom. The summed E-state index contributed by atoms with van der Waals surface area (Å²) in [4.78, 5) is 30.6. The summed E-state index contributed by atoms with van der Waals surface area (Å²) in [5.74, 6) is 0.432. The molecule has 0 spiro atoms. The third kappa shape index (κ3) is 5.22. The molecule has 1 fully saturated rings. The Labute approximate surface area is 216 Å². The molecule has 37 heavy (non-hydrogen) atoms. The first-order chi connectivity index (χ1) is 18.1. The first kappa shape index (κ1) is 25.6. The van der Waals surface area contributed by atoms with E-state index in [1.165, 1.54) is 6.33 Å². The number of nitrogen functional groups attached to an aromatic ring is 1. The molecule has 1 aliphatic rings. The van der Waals surface area contributed by atoms with Crippen LogP contribution < -0.4 is 11.1 Å². The largest absolute Gasteiger partial charge is 0.382 e. The van der Waals surface area contributed by atoms with Crippen LogP contribution in [0.15, 0.2) is 54.9 Å². The number of hydrogen-bond acceptors (Lipinski definition) is 8. The molecule has 5 rings (SSSR count). The lowest BCUT2D eigenvalue weighted by atomic mass is 10.1. The van der Waals surface area contributed by atoms with Gasteiger partial charge in [0.25, 0.3) is 5.91 Å². The average Bonchev–Trinajstić information content (AvgIpc) is 3.32. The van der Waals surface area contributed by atoms with Crippen molar-refractivity contribution >= 4 is 23.2 Å². The van der Waals surface area contributed by atoms with Crippen LogP contribution in [0.4, 0.5) is 11.6 Å². The van der Waals surface area contributed by atoms with Crippen molar-refractivity contribution in [3.8, 4) is 17.3 Å². The monoisotopic (exact) mass is 497 g/mol. The highest BCUT2D eigenvalue weighted by Crippen LogP contribution is 2.28. The Kier molecular flexibility index (Phi) is 7.95. The molecule has 3 N–H and O–H groups in total. The van der Waals surface area contributed by atoms with E-state index in [2.05, 4.69) is 27.2 Å². The summed E-state index contributed by atoms with van der Waals surface area (Å²) in [7, 11) is 2.06. The van der Waals surface area contributed by atoms with Gasteiger partial charge in [-0.1, -0.05) is 50.2 Å². The number of anilines is 2. The summed E-state index contributed by atoms with van der Waals surface area (Å²) in [6.45, 7) is 7.33. The third-order valence-corrected chi connectivity index (χ3v) is 6.18. The second-order valence-electron chi connectivity index (χ2n) is 8.42. The van der Waals surface area contributed by atoms with Crippen LogP contribution >= 0.6 is 0 Å². The van der Waals surface area contributed by atoms with Gasteiger partial charge < -0.3 is 20.9 Å². The molecular weight excluding hydrogens is 466 g/mol. The van der Waals surface area contributed by atoms with Gasteiger partial charge in [0.2, 0.25) is 0 Å². The van der Waals surface area contributed by atoms with Gasteiger partial charge in [0.15, 0.2) is 0 Å². The minimum absolute atomic E-state index is 0.0202. The molecule has 0 saturated carbocycles. The summed E-state index contributed by atoms with van der Waals surface area (Å²) in [5, 5.41) is 12.6. The number of nitriles is 1. The molecule has 1 aliphatic heterocycles. The summed E-state index contributed by atoms with van der Waals surface area (Å²) in [5.41, 5.74) is 9.71. The Morgan fingerprint density at radius 1 is 1.05 bits per heavy atom. The topological polar surface area (TPSA) is 128 Å². The lowest BCUT2D eigenvalue weighted by Gasteiger charge is -2.32. The number of imidazole rings is 1. The van der Waals surface area contributed by atoms with E-state index >= 15 is 0 Å². The first-order valence-electron chi connectivity index (χ1n) is 12.3. The van der Waals surface area contributed by atoms with Crippen LogP contribution in [-0.4, -0.2) is 68.3 Å². The highest BCUT2D eigenvalue weighted by Gasteiger charge is 2.25. The van der Waals surface area contributed by atoms with E-state index < -0.39 is 0 Å². The lowest BCUT2D eigenvalue weighted by Crippen LogP contribution is -2.47. The van der Waals surface area contributed by atoms with Crippen molar-refractivity contribution in [1.82, 2.24) is 29.2 Å². The quantitative estimate of drug-likeness (QED) is 0.430. The predicted molar refractivity (Wildman–Crippen MR) is 144 cm³/mol. The number of piperazine rings is 1. The number of nitrogens with two attached hydrogens (primary N) is 1. The van der Waals surface area contributed by atoms with Crippen LogP contribution in [0.25, 0.3) is 16.9 Å². The molecule has 4 heterocycles. The summed E-state index contributed by atoms with van der Waals surface area (Å²) < 4.78 is 1.92. The van der Waals surface area contributed by atoms with Crippen LogP contribution in [0.5, 0.6) is 0 Å². The van der Waals surface area contributed by atoms with Crippen molar-refractivity contribution in [1.29, 1.82) is 5.26 Å². The molecular formula is C27H31N9O. The van der Waals surface area contributed by atoms with Crippen molar-refractivity contribution in [3.63, 3.8) is 0 Å². The molecule has 1 saturated heterocycles. The zero-order valence-electron chi connectivity index (χ0n) is 21.3. The van der Waals surface area contributed by atoms with E-state index in [4.69, 9.17) is 10.7 Å². The van der Waals surface area contributed by atoms with Crippen molar-refractivity contribution in [2.24, 2.45) is 0 Å². The van der Waals surface area contributed by atoms with Crippen LogP contribution in [0, 0.1) is 11.3 Å². The molecule has 10 nitrogen and oxygen atoms in total. The minimum Gasteiger partial charge on any atom is -0.382 e. The fraction of sp³-hybridized carbons (Fsp3) is 0.296. The number of rotatable bonds is 5. The Hall–Kier alpha value is -4.49. The number of hydrogen-bond donors (Lipinski definition) is 2. The molecule has 0 aliphatic carbocycles. The zero-order valence-corrected chi connectivity index (χ0v) is 21.3. The van der Waals surface area contributed by atoms with Gasteiger partial charge in [0.05, 0.1) is 17.9 Å². The molecule has 190 valence electrons. The Morgan fingerprint density at radius 2 is 1.78 bits per heavy atom. The maximum Gasteiger partial charge on any atom is 0.270 e. The number of nitrogens with zero attached hydrogens (tertiary/aromatic N) is 7. The number of pyridine rings is 1. The maximum absolute atomic E-state index is 13.6. The number of aromatic nitrogens is 4. The van der Waals surface area contributed by atoms with Crippen molar-refractivity contribution in [2.75, 3.05) is 44.3 Å². The number of fused-ring (bicyclic) bond motifs is 1. The highest BCUT2D eigenvalue weighted by atomic mass is 16.2. The number of amides is 1. The lowest BCUT2D eigenvalue weighted by molar-refractivity contribution is 0.0657. The molecule has 0 atom stereocenters. The minimum atomic E-state index is -0.0202. The fourth-order valence-electron chi connectivity index (χ4n) is 4.30. The number of nitrogens with one attached hydrogen (secondary N) is 1. The predicted octanol–water partition coefficient (Wildman–Crippen LogP) is 3.27. The second-order valence-corrected chi connectivity index (χ2v) is 8.42. The summed E-state index contributed by atoms with van der Waals surface area (Å²) in [6, 6.07) is 17.5. The van der Waals surface area contributed by atoms with Gasteiger partial charge >= 0.3 is 0 Å². The van der Waals surface area contributed by atoms with Crippen molar-refractivity contribution in [3.05, 3.63) is 71.8 Å². The van der Waals surface area contributed by atoms with Gasteiger partial charge in [-0.25, -0.2) is 15.0 Å². The van der Waals surface area contributed by atoms with E-state index in [-0.39, 0.29) is 23.8 Å². The zero-order chi connectivity index (χ0) is 26.4. The maximum atomic E-state index is 13.6. The standard InChI is InChI=1S/C25H25N9O.C2H6/c1-32-10-12-33(13-11-32)25(35)20-8-5-9-21-31-19(22(34(20)21)17-6-3-2-4-7-17)15-28-24-18(14-26)23(27)29-16-30-24;1-2/h2-9,16H,10-13,15H2,1H3,(H3,27,28,29,30);1-2H3. The second kappa shape index (κ2) is 11.5. The molecule has 0 unspecified atom stereocenters. The van der Waals surface area contributed by atoms with Gasteiger partial charge in [0.1, 0.15) is 40.9 Å². The first-order valence-corrected chi connectivity index (χ1v) is 12.3. The van der Waals surface area contributed by atoms with E-state index in [0.29, 0.717) is 30.2 Å². The number of likely N-dealkylation sites (N-methyl/N-ethyl adjacent to an activating group) is 1. The van der Waals surface area contributed by atoms with Gasteiger partial charge in [0, 0.05) is 31.7 Å². The molecule has 0 bridgehead atoms. The number of carbonyl (C=O) groups excluding carboxylic acids is 1. The average molecular weight is 498 g/mol. The van der Waals surface area contributed by atoms with Gasteiger partial charge in [-0.05, 0) is 19.2 Å². The van der Waals surface area contributed by atoms with Crippen LogP contribution in [0.3, 0.4) is 0 Å². The number of carbonyl (C=O) groups is 1. The molecule has 1 aromatic carbocycles. The smallest absolute Gasteiger partial charge is 0.270 e. The SMILES string of the molecule is CC.CN1CCN(C(=O)c2cccc3nc(CNc4ncnc(N)c4C#N)c(-c4ccccc4)n23)CC1. The Bertz CT molecular complexity index is 1420. The molecule has 3 aromatic heterocycles. The van der Waals surface area contributed by atoms with Gasteiger partial charge in [-0.2, -0.15) is 5.26 Å². The Balaban J connectivity index is 0.00000156. The molecule has 1 amide bonds. The van der Waals surface area contributed by atoms with Gasteiger partial charge in [-0.15, -0.1) is 0 Å². The van der Waals surface area contributed by atoms with E-state index in [9.17, 15) is 10.1 Å². The molecule has 10 heteroatoms. The highest BCUT2D eigenvalue weighted by molar-refractivity contribution is 5.94. The van der Waals surface area contributed by atoms with Crippen LogP contribution in [0.2, 0.25) is 0 Å². The van der Waals surface area contributed by atoms with E-state index in [0.717, 1.165) is 30.0 Å². The molecule has 0 radical (unpaired) electrons. The normalized spacial score (nSPS) is 13.5. The van der Waals surface area contributed by atoms with Crippen molar-refractivity contribution < 1.29 is 4.79 Å². The van der Waals surface area contributed by atoms with E-state index in [1.807, 2.05) is 77.7 Å². The van der Waals surface area contributed by atoms with Crippen molar-refractivity contribution in [2.45, 2.75) is 20.4 Å². The van der Waals surface area contributed by atoms with E-state index in [1.54, 1.807) is 0 Å². The van der Waals surface area contributed by atoms with Gasteiger partial charge in [-0.3, -0.25) is 9.20 Å². The fourth-order valence-corrected chi connectivity index (χ4v) is 4.30. The number of benzene rings is 1. The van der Waals surface area contributed by atoms with Crippen LogP contribution in [0.1, 0.15) is 35.6 Å².